The molecule has 0 radical (unpaired) electrons. The Morgan fingerprint density at radius 3 is 2.30 bits per heavy atom. The molecule has 0 aromatic heterocycles. The van der Waals surface area contributed by atoms with Gasteiger partial charge in [-0.15, -0.1) is 24.0 Å². The summed E-state index contributed by atoms with van der Waals surface area (Å²) in [7, 11) is 3.47. The van der Waals surface area contributed by atoms with Crippen molar-refractivity contribution >= 4 is 47.6 Å². The standard InChI is InChI=1S/C24H39N5O3.HI/c1-24(2,3)32-23(31)28-20-13-11-18(12-14-20)15-16-25-22(26-17-21(30)29(4)5)27-19-9-7-6-8-10-19;/h11-14,19H,6-10,15-17H2,1-5H3,(H,28,31)(H2,25,26,27);1H. The second-order valence-electron chi connectivity index (χ2n) is 9.43. The van der Waals surface area contributed by atoms with E-state index in [-0.39, 0.29) is 36.4 Å². The van der Waals surface area contributed by atoms with Crippen LogP contribution in [0.25, 0.3) is 0 Å². The highest BCUT2D eigenvalue weighted by atomic mass is 127. The Hall–Kier alpha value is -2.04. The lowest BCUT2D eigenvalue weighted by Gasteiger charge is -2.25. The molecular weight excluding hydrogens is 533 g/mol. The molecule has 0 saturated heterocycles. The summed E-state index contributed by atoms with van der Waals surface area (Å²) in [5.41, 5.74) is 1.30. The molecule has 0 bridgehead atoms. The Morgan fingerprint density at radius 2 is 1.73 bits per heavy atom. The first-order valence-electron chi connectivity index (χ1n) is 11.5. The molecule has 33 heavy (non-hydrogen) atoms. The van der Waals surface area contributed by atoms with Crippen LogP contribution < -0.4 is 16.0 Å². The van der Waals surface area contributed by atoms with Gasteiger partial charge in [-0.3, -0.25) is 10.1 Å². The minimum Gasteiger partial charge on any atom is -0.444 e. The van der Waals surface area contributed by atoms with Crippen LogP contribution >= 0.6 is 24.0 Å². The number of nitrogens with zero attached hydrogens (tertiary/aromatic N) is 2. The van der Waals surface area contributed by atoms with Gasteiger partial charge in [0.1, 0.15) is 12.1 Å². The Balaban J connectivity index is 0.00000544. The number of aliphatic imine (C=N–C) groups is 1. The van der Waals surface area contributed by atoms with Crippen LogP contribution in [-0.2, 0) is 16.0 Å². The molecule has 9 heteroatoms. The van der Waals surface area contributed by atoms with Crippen LogP contribution in [0.4, 0.5) is 10.5 Å². The average molecular weight is 574 g/mol. The van der Waals surface area contributed by atoms with Crippen molar-refractivity contribution in [1.82, 2.24) is 15.5 Å². The number of guanidine groups is 1. The van der Waals surface area contributed by atoms with E-state index in [2.05, 4.69) is 20.9 Å². The molecule has 8 nitrogen and oxygen atoms in total. The normalized spacial score (nSPS) is 14.6. The fourth-order valence-corrected chi connectivity index (χ4v) is 3.38. The third kappa shape index (κ3) is 12.1. The summed E-state index contributed by atoms with van der Waals surface area (Å²) in [6.07, 6.45) is 6.34. The molecule has 0 unspecified atom stereocenters. The van der Waals surface area contributed by atoms with Gasteiger partial charge in [-0.05, 0) is 57.7 Å². The zero-order valence-corrected chi connectivity index (χ0v) is 22.9. The third-order valence-electron chi connectivity index (χ3n) is 5.12. The highest BCUT2D eigenvalue weighted by Gasteiger charge is 2.17. The lowest BCUT2D eigenvalue weighted by molar-refractivity contribution is -0.127. The van der Waals surface area contributed by atoms with E-state index in [0.717, 1.165) is 24.8 Å². The fourth-order valence-electron chi connectivity index (χ4n) is 3.38. The van der Waals surface area contributed by atoms with Crippen LogP contribution in [0.1, 0.15) is 58.4 Å². The van der Waals surface area contributed by atoms with Gasteiger partial charge in [0.25, 0.3) is 0 Å². The molecule has 0 heterocycles. The van der Waals surface area contributed by atoms with E-state index in [9.17, 15) is 9.59 Å². The van der Waals surface area contributed by atoms with Crippen LogP contribution in [0.5, 0.6) is 0 Å². The zero-order valence-electron chi connectivity index (χ0n) is 20.6. The number of carbonyl (C=O) groups is 2. The molecule has 1 fully saturated rings. The van der Waals surface area contributed by atoms with Gasteiger partial charge < -0.3 is 20.3 Å². The molecule has 0 spiro atoms. The van der Waals surface area contributed by atoms with E-state index in [4.69, 9.17) is 4.74 Å². The summed E-state index contributed by atoms with van der Waals surface area (Å²) >= 11 is 0. The van der Waals surface area contributed by atoms with Crippen molar-refractivity contribution in [2.75, 3.05) is 32.5 Å². The van der Waals surface area contributed by atoms with Gasteiger partial charge in [-0.25, -0.2) is 9.79 Å². The maximum Gasteiger partial charge on any atom is 0.412 e. The number of halogens is 1. The van der Waals surface area contributed by atoms with E-state index in [0.29, 0.717) is 24.2 Å². The summed E-state index contributed by atoms with van der Waals surface area (Å²) in [5, 5.41) is 9.59. The summed E-state index contributed by atoms with van der Waals surface area (Å²) < 4.78 is 5.27. The Bertz CT molecular complexity index is 769. The van der Waals surface area contributed by atoms with E-state index in [1.165, 1.54) is 19.3 Å². The van der Waals surface area contributed by atoms with E-state index >= 15 is 0 Å². The number of amides is 2. The van der Waals surface area contributed by atoms with Crippen molar-refractivity contribution in [2.24, 2.45) is 4.99 Å². The SMILES string of the molecule is CN(C)C(=O)CN=C(NCCc1ccc(NC(=O)OC(C)(C)C)cc1)NC1CCCCC1.I. The van der Waals surface area contributed by atoms with E-state index in [1.54, 1.807) is 19.0 Å². The molecule has 186 valence electrons. The number of carbonyl (C=O) groups excluding carboxylic acids is 2. The fraction of sp³-hybridized carbons (Fsp3) is 0.625. The number of likely N-dealkylation sites (N-methyl/N-ethyl adjacent to an activating group) is 1. The van der Waals surface area contributed by atoms with Gasteiger partial charge in [0.2, 0.25) is 5.91 Å². The molecule has 2 amide bonds. The third-order valence-corrected chi connectivity index (χ3v) is 5.12. The lowest BCUT2D eigenvalue weighted by atomic mass is 9.96. The molecule has 1 saturated carbocycles. The number of ether oxygens (including phenoxy) is 1. The number of benzene rings is 1. The number of rotatable bonds is 7. The number of nitrogens with one attached hydrogen (secondary N) is 3. The predicted molar refractivity (Wildman–Crippen MR) is 144 cm³/mol. The zero-order chi connectivity index (χ0) is 23.6. The topological polar surface area (TPSA) is 95.1 Å². The molecule has 1 aromatic rings. The number of hydrogen-bond acceptors (Lipinski definition) is 4. The molecule has 0 aliphatic heterocycles. The van der Waals surface area contributed by atoms with Gasteiger partial charge in [0.05, 0.1) is 0 Å². The number of anilines is 1. The molecule has 2 rings (SSSR count). The first-order valence-corrected chi connectivity index (χ1v) is 11.5. The summed E-state index contributed by atoms with van der Waals surface area (Å²) in [6, 6.07) is 8.10. The van der Waals surface area contributed by atoms with Crippen LogP contribution in [-0.4, -0.2) is 61.7 Å². The van der Waals surface area contributed by atoms with Crippen molar-refractivity contribution in [3.8, 4) is 0 Å². The maximum absolute atomic E-state index is 11.9. The quantitative estimate of drug-likeness (QED) is 0.259. The van der Waals surface area contributed by atoms with Crippen molar-refractivity contribution in [3.05, 3.63) is 29.8 Å². The van der Waals surface area contributed by atoms with Crippen molar-refractivity contribution in [3.63, 3.8) is 0 Å². The molecule has 3 N–H and O–H groups in total. The molecule has 1 aromatic carbocycles. The smallest absolute Gasteiger partial charge is 0.412 e. The van der Waals surface area contributed by atoms with Gasteiger partial charge in [0, 0.05) is 32.4 Å². The monoisotopic (exact) mass is 573 g/mol. The minimum absolute atomic E-state index is 0. The van der Waals surface area contributed by atoms with E-state index in [1.807, 2.05) is 45.0 Å². The second kappa shape index (κ2) is 14.3. The van der Waals surface area contributed by atoms with Crippen molar-refractivity contribution in [1.29, 1.82) is 0 Å². The highest BCUT2D eigenvalue weighted by molar-refractivity contribution is 14.0. The van der Waals surface area contributed by atoms with E-state index < -0.39 is 11.7 Å². The van der Waals surface area contributed by atoms with Crippen LogP contribution in [0, 0.1) is 0 Å². The van der Waals surface area contributed by atoms with Gasteiger partial charge in [-0.2, -0.15) is 0 Å². The summed E-state index contributed by atoms with van der Waals surface area (Å²) in [6.45, 7) is 6.31. The van der Waals surface area contributed by atoms with Gasteiger partial charge in [0.15, 0.2) is 5.96 Å². The molecular formula is C24H40IN5O3. The second-order valence-corrected chi connectivity index (χ2v) is 9.43. The van der Waals surface area contributed by atoms with Crippen LogP contribution in [0.2, 0.25) is 0 Å². The van der Waals surface area contributed by atoms with Gasteiger partial charge >= 0.3 is 6.09 Å². The Kier molecular flexibility index (Phi) is 12.5. The lowest BCUT2D eigenvalue weighted by Crippen LogP contribution is -2.45. The van der Waals surface area contributed by atoms with Crippen LogP contribution in [0.3, 0.4) is 0 Å². The van der Waals surface area contributed by atoms with Crippen molar-refractivity contribution in [2.45, 2.75) is 70.9 Å². The molecule has 1 aliphatic rings. The average Bonchev–Trinajstić information content (AvgIpc) is 2.72. The first kappa shape index (κ1) is 29.0. The Labute approximate surface area is 215 Å². The van der Waals surface area contributed by atoms with Crippen LogP contribution in [0.15, 0.2) is 29.3 Å². The molecule has 1 aliphatic carbocycles. The van der Waals surface area contributed by atoms with Crippen molar-refractivity contribution < 1.29 is 14.3 Å². The summed E-state index contributed by atoms with van der Waals surface area (Å²) in [4.78, 5) is 29.9. The number of hydrogen-bond donors (Lipinski definition) is 3. The Morgan fingerprint density at radius 1 is 1.09 bits per heavy atom. The largest absolute Gasteiger partial charge is 0.444 e. The van der Waals surface area contributed by atoms with Gasteiger partial charge in [-0.1, -0.05) is 31.4 Å². The minimum atomic E-state index is -0.530. The summed E-state index contributed by atoms with van der Waals surface area (Å²) in [5.74, 6) is 0.665. The maximum atomic E-state index is 11.9. The highest BCUT2D eigenvalue weighted by Crippen LogP contribution is 2.17. The molecule has 0 atom stereocenters. The predicted octanol–water partition coefficient (Wildman–Crippen LogP) is 4.15. The first-order chi connectivity index (χ1) is 15.1.